The Morgan fingerprint density at radius 1 is 0.917 bits per heavy atom. The van der Waals surface area contributed by atoms with E-state index in [-0.39, 0.29) is 17.3 Å². The molecule has 0 bridgehead atoms. The molecule has 4 aromatic rings. The third kappa shape index (κ3) is 4.56. The van der Waals surface area contributed by atoms with Crippen LogP contribution in [0.25, 0.3) is 22.4 Å². The van der Waals surface area contributed by atoms with E-state index in [1.165, 1.54) is 12.1 Å². The SMILES string of the molecule is O=C(O)c1ccc2c(c1)nc(-c1ccc(C(=O)Nc3ccc(C(F)(F)F)cc3)cc1)n2C1CCCC1. The van der Waals surface area contributed by atoms with E-state index in [1.54, 1.807) is 42.5 Å². The van der Waals surface area contributed by atoms with Crippen LogP contribution in [-0.2, 0) is 6.18 Å². The van der Waals surface area contributed by atoms with E-state index >= 15 is 0 Å². The number of carboxylic acids is 1. The largest absolute Gasteiger partial charge is 0.478 e. The number of rotatable bonds is 5. The van der Waals surface area contributed by atoms with Crippen molar-refractivity contribution in [2.75, 3.05) is 5.32 Å². The van der Waals surface area contributed by atoms with E-state index in [1.807, 2.05) is 0 Å². The summed E-state index contributed by atoms with van der Waals surface area (Å²) >= 11 is 0. The Morgan fingerprint density at radius 2 is 1.56 bits per heavy atom. The standard InChI is InChI=1S/C27H22F3N3O3/c28-27(29,30)19-10-12-20(13-11-19)31-25(34)17-7-5-16(6-8-17)24-32-22-15-18(26(35)36)9-14-23(22)33(24)21-3-1-2-4-21/h5-15,21H,1-4H2,(H,31,34)(H,35,36). The van der Waals surface area contributed by atoms with E-state index in [2.05, 4.69) is 9.88 Å². The molecule has 0 saturated heterocycles. The summed E-state index contributed by atoms with van der Waals surface area (Å²) in [7, 11) is 0. The fraction of sp³-hybridized carbons (Fsp3) is 0.222. The third-order valence-electron chi connectivity index (χ3n) is 6.50. The van der Waals surface area contributed by atoms with Crippen LogP contribution in [0.2, 0.25) is 0 Å². The number of amides is 1. The van der Waals surface area contributed by atoms with Crippen molar-refractivity contribution in [3.63, 3.8) is 0 Å². The monoisotopic (exact) mass is 493 g/mol. The number of hydrogen-bond donors (Lipinski definition) is 2. The van der Waals surface area contributed by atoms with Crippen molar-refractivity contribution in [3.8, 4) is 11.4 Å². The maximum absolute atomic E-state index is 12.8. The molecular formula is C27H22F3N3O3. The van der Waals surface area contributed by atoms with Gasteiger partial charge < -0.3 is 15.0 Å². The molecule has 0 atom stereocenters. The summed E-state index contributed by atoms with van der Waals surface area (Å²) in [4.78, 5) is 28.8. The van der Waals surface area contributed by atoms with Gasteiger partial charge in [0.1, 0.15) is 5.82 Å². The van der Waals surface area contributed by atoms with Gasteiger partial charge in [0, 0.05) is 22.9 Å². The quantitative estimate of drug-likeness (QED) is 0.321. The molecule has 0 spiro atoms. The minimum Gasteiger partial charge on any atom is -0.478 e. The zero-order valence-corrected chi connectivity index (χ0v) is 19.0. The smallest absolute Gasteiger partial charge is 0.416 e. The average Bonchev–Trinajstić information content (AvgIpc) is 3.51. The minimum absolute atomic E-state index is 0.167. The highest BCUT2D eigenvalue weighted by atomic mass is 19.4. The molecule has 2 N–H and O–H groups in total. The van der Waals surface area contributed by atoms with Gasteiger partial charge in [-0.1, -0.05) is 25.0 Å². The molecule has 1 saturated carbocycles. The number of imidazole rings is 1. The van der Waals surface area contributed by atoms with Gasteiger partial charge >= 0.3 is 12.1 Å². The van der Waals surface area contributed by atoms with Crippen LogP contribution < -0.4 is 5.32 Å². The van der Waals surface area contributed by atoms with Crippen molar-refractivity contribution in [2.24, 2.45) is 0 Å². The molecule has 6 nitrogen and oxygen atoms in total. The van der Waals surface area contributed by atoms with Crippen LogP contribution in [0.15, 0.2) is 66.7 Å². The molecule has 0 radical (unpaired) electrons. The second kappa shape index (κ2) is 9.14. The maximum atomic E-state index is 12.8. The fourth-order valence-corrected chi connectivity index (χ4v) is 4.68. The molecule has 1 aliphatic carbocycles. The second-order valence-electron chi connectivity index (χ2n) is 8.86. The molecular weight excluding hydrogens is 471 g/mol. The van der Waals surface area contributed by atoms with Crippen LogP contribution in [0.5, 0.6) is 0 Å². The number of halogens is 3. The van der Waals surface area contributed by atoms with Gasteiger partial charge in [0.2, 0.25) is 0 Å². The van der Waals surface area contributed by atoms with E-state index in [9.17, 15) is 27.9 Å². The van der Waals surface area contributed by atoms with E-state index in [0.717, 1.165) is 48.9 Å². The van der Waals surface area contributed by atoms with Crippen LogP contribution in [0.1, 0.15) is 58.0 Å². The van der Waals surface area contributed by atoms with Gasteiger partial charge in [-0.3, -0.25) is 4.79 Å². The summed E-state index contributed by atoms with van der Waals surface area (Å²) in [5, 5.41) is 12.0. The average molecular weight is 493 g/mol. The first-order valence-corrected chi connectivity index (χ1v) is 11.5. The van der Waals surface area contributed by atoms with Gasteiger partial charge in [0.05, 0.1) is 22.2 Å². The zero-order chi connectivity index (χ0) is 25.4. The molecule has 1 amide bonds. The van der Waals surface area contributed by atoms with Crippen molar-refractivity contribution in [3.05, 3.63) is 83.4 Å². The topological polar surface area (TPSA) is 84.2 Å². The third-order valence-corrected chi connectivity index (χ3v) is 6.50. The second-order valence-corrected chi connectivity index (χ2v) is 8.86. The van der Waals surface area contributed by atoms with Crippen LogP contribution in [-0.4, -0.2) is 26.5 Å². The summed E-state index contributed by atoms with van der Waals surface area (Å²) < 4.78 is 40.4. The highest BCUT2D eigenvalue weighted by molar-refractivity contribution is 6.04. The number of alkyl halides is 3. The van der Waals surface area contributed by atoms with Gasteiger partial charge in [-0.15, -0.1) is 0 Å². The van der Waals surface area contributed by atoms with E-state index in [0.29, 0.717) is 16.9 Å². The predicted molar refractivity (Wildman–Crippen MR) is 129 cm³/mol. The number of anilines is 1. The number of aromatic nitrogens is 2. The molecule has 0 unspecified atom stereocenters. The lowest BCUT2D eigenvalue weighted by molar-refractivity contribution is -0.137. The summed E-state index contributed by atoms with van der Waals surface area (Å²) in [5.74, 6) is -0.761. The number of carbonyl (C=O) groups excluding carboxylic acids is 1. The van der Waals surface area contributed by atoms with Gasteiger partial charge in [-0.25, -0.2) is 9.78 Å². The molecule has 0 aliphatic heterocycles. The summed E-state index contributed by atoms with van der Waals surface area (Å²) in [5.41, 5.74) is 2.23. The van der Waals surface area contributed by atoms with Crippen molar-refractivity contribution in [1.29, 1.82) is 0 Å². The van der Waals surface area contributed by atoms with Crippen LogP contribution >= 0.6 is 0 Å². The first-order chi connectivity index (χ1) is 17.2. The van der Waals surface area contributed by atoms with Gasteiger partial charge in [0.25, 0.3) is 5.91 Å². The van der Waals surface area contributed by atoms with Crippen molar-refractivity contribution < 1.29 is 27.9 Å². The Bertz CT molecular complexity index is 1440. The van der Waals surface area contributed by atoms with Crippen LogP contribution in [0, 0.1) is 0 Å². The van der Waals surface area contributed by atoms with Gasteiger partial charge in [0.15, 0.2) is 0 Å². The number of carboxylic acid groups (broad SMARTS) is 1. The highest BCUT2D eigenvalue weighted by Crippen LogP contribution is 2.37. The number of nitrogens with zero attached hydrogens (tertiary/aromatic N) is 2. The number of carbonyl (C=O) groups is 2. The van der Waals surface area contributed by atoms with Gasteiger partial charge in [-0.05, 0) is 67.4 Å². The Morgan fingerprint density at radius 3 is 2.17 bits per heavy atom. The molecule has 1 fully saturated rings. The number of benzene rings is 3. The Hall–Kier alpha value is -4.14. The normalized spacial score (nSPS) is 14.3. The van der Waals surface area contributed by atoms with Crippen molar-refractivity contribution >= 4 is 28.6 Å². The number of hydrogen-bond acceptors (Lipinski definition) is 3. The highest BCUT2D eigenvalue weighted by Gasteiger charge is 2.30. The molecule has 3 aromatic carbocycles. The Balaban J connectivity index is 1.43. The fourth-order valence-electron chi connectivity index (χ4n) is 4.68. The summed E-state index contributed by atoms with van der Waals surface area (Å²) in [6, 6.07) is 16.3. The maximum Gasteiger partial charge on any atom is 0.416 e. The first-order valence-electron chi connectivity index (χ1n) is 11.5. The molecule has 1 aromatic heterocycles. The molecule has 1 aliphatic rings. The van der Waals surface area contributed by atoms with E-state index < -0.39 is 23.6 Å². The molecule has 5 rings (SSSR count). The van der Waals surface area contributed by atoms with Crippen molar-refractivity contribution in [2.45, 2.75) is 37.9 Å². The minimum atomic E-state index is -4.44. The number of fused-ring (bicyclic) bond motifs is 1. The molecule has 184 valence electrons. The summed E-state index contributed by atoms with van der Waals surface area (Å²) in [6.45, 7) is 0. The lowest BCUT2D eigenvalue weighted by atomic mass is 10.1. The first kappa shape index (κ1) is 23.6. The lowest BCUT2D eigenvalue weighted by Crippen LogP contribution is -2.12. The Kier molecular flexibility index (Phi) is 5.99. The molecule has 36 heavy (non-hydrogen) atoms. The number of aromatic carboxylic acids is 1. The van der Waals surface area contributed by atoms with Crippen LogP contribution in [0.3, 0.4) is 0 Å². The van der Waals surface area contributed by atoms with Crippen LogP contribution in [0.4, 0.5) is 18.9 Å². The van der Waals surface area contributed by atoms with Crippen molar-refractivity contribution in [1.82, 2.24) is 9.55 Å². The number of nitrogens with one attached hydrogen (secondary N) is 1. The molecule has 9 heteroatoms. The molecule has 1 heterocycles. The Labute approximate surface area is 204 Å². The lowest BCUT2D eigenvalue weighted by Gasteiger charge is -2.17. The zero-order valence-electron chi connectivity index (χ0n) is 19.0. The summed E-state index contributed by atoms with van der Waals surface area (Å²) in [6.07, 6.45) is -0.206. The predicted octanol–water partition coefficient (Wildman–Crippen LogP) is 6.79. The van der Waals surface area contributed by atoms with Gasteiger partial charge in [-0.2, -0.15) is 13.2 Å². The van der Waals surface area contributed by atoms with E-state index in [4.69, 9.17) is 4.98 Å².